The van der Waals surface area contributed by atoms with E-state index >= 15 is 0 Å². The second-order valence-electron chi connectivity index (χ2n) is 7.19. The Labute approximate surface area is 121 Å². The van der Waals surface area contributed by atoms with Crippen LogP contribution in [0, 0.1) is 11.3 Å². The van der Waals surface area contributed by atoms with Crippen LogP contribution in [0.3, 0.4) is 0 Å². The third kappa shape index (κ3) is 2.15. The largest absolute Gasteiger partial charge is 0.305 e. The summed E-state index contributed by atoms with van der Waals surface area (Å²) in [4.78, 5) is 6.59. The molecule has 3 heteroatoms. The molecule has 0 saturated heterocycles. The molecule has 3 rings (SSSR count). The van der Waals surface area contributed by atoms with E-state index in [1.54, 1.807) is 4.88 Å². The zero-order valence-corrected chi connectivity index (χ0v) is 13.5. The Balaban J connectivity index is 2.00. The van der Waals surface area contributed by atoms with Gasteiger partial charge in [0.15, 0.2) is 0 Å². The maximum atomic E-state index is 5.04. The fourth-order valence-corrected chi connectivity index (χ4v) is 5.73. The third-order valence-corrected chi connectivity index (χ3v) is 6.26. The molecule has 1 N–H and O–H groups in total. The summed E-state index contributed by atoms with van der Waals surface area (Å²) in [6.45, 7) is 10.5. The van der Waals surface area contributed by atoms with Crippen molar-refractivity contribution < 1.29 is 0 Å². The highest BCUT2D eigenvalue weighted by molar-refractivity contribution is 7.12. The maximum Gasteiger partial charge on any atom is 0.114 e. The molecule has 2 nitrogen and oxygen atoms in total. The van der Waals surface area contributed by atoms with Crippen LogP contribution in [-0.4, -0.2) is 11.5 Å². The average Bonchev–Trinajstić information content (AvgIpc) is 2.91. The molecule has 2 aliphatic rings. The molecule has 106 valence electrons. The molecule has 0 aromatic carbocycles. The Morgan fingerprint density at radius 3 is 2.74 bits per heavy atom. The molecule has 1 aromatic heterocycles. The number of rotatable bonds is 3. The molecule has 1 fully saturated rings. The number of thiazole rings is 1. The number of hydrogen-bond acceptors (Lipinski definition) is 3. The van der Waals surface area contributed by atoms with Crippen LogP contribution in [0.5, 0.6) is 0 Å². The summed E-state index contributed by atoms with van der Waals surface area (Å²) < 4.78 is 0. The fraction of sp³-hybridized carbons (Fsp3) is 0.812. The van der Waals surface area contributed by atoms with Crippen molar-refractivity contribution >= 4 is 11.3 Å². The minimum absolute atomic E-state index is 0.132. The summed E-state index contributed by atoms with van der Waals surface area (Å²) in [5.74, 6) is 0.675. The monoisotopic (exact) mass is 278 g/mol. The first-order valence-corrected chi connectivity index (χ1v) is 8.52. The van der Waals surface area contributed by atoms with Crippen molar-refractivity contribution in [2.75, 3.05) is 6.54 Å². The van der Waals surface area contributed by atoms with Gasteiger partial charge in [0.25, 0.3) is 0 Å². The number of aryl methyl sites for hydroxylation is 2. The van der Waals surface area contributed by atoms with Crippen molar-refractivity contribution in [1.82, 2.24) is 10.3 Å². The van der Waals surface area contributed by atoms with E-state index < -0.39 is 0 Å². The van der Waals surface area contributed by atoms with E-state index in [0.717, 1.165) is 6.54 Å². The van der Waals surface area contributed by atoms with Crippen LogP contribution in [-0.2, 0) is 18.4 Å². The third-order valence-electron chi connectivity index (χ3n) is 4.93. The highest BCUT2D eigenvalue weighted by Crippen LogP contribution is 2.53. The van der Waals surface area contributed by atoms with Crippen LogP contribution >= 0.6 is 11.3 Å². The number of aromatic nitrogens is 1. The SMILES string of the molecule is CCNC1(c2nc3c(s2)CCC3)CC(C)(C)CC1C. The number of fused-ring (bicyclic) bond motifs is 1. The fourth-order valence-electron chi connectivity index (χ4n) is 4.30. The standard InChI is InChI=1S/C16H26N2S/c1-5-17-16(10-15(3,4)9-11(16)2)14-18-12-7-6-8-13(12)19-14/h11,17H,5-10H2,1-4H3. The molecule has 0 aliphatic heterocycles. The lowest BCUT2D eigenvalue weighted by molar-refractivity contribution is 0.256. The van der Waals surface area contributed by atoms with Crippen LogP contribution < -0.4 is 5.32 Å². The molecule has 0 bridgehead atoms. The van der Waals surface area contributed by atoms with Gasteiger partial charge in [-0.25, -0.2) is 4.98 Å². The van der Waals surface area contributed by atoms with Gasteiger partial charge in [0.1, 0.15) is 5.01 Å². The lowest BCUT2D eigenvalue weighted by Gasteiger charge is -2.33. The second kappa shape index (κ2) is 4.56. The molecule has 19 heavy (non-hydrogen) atoms. The number of hydrogen-bond donors (Lipinski definition) is 1. The summed E-state index contributed by atoms with van der Waals surface area (Å²) in [5.41, 5.74) is 1.96. The van der Waals surface area contributed by atoms with Crippen LogP contribution in [0.25, 0.3) is 0 Å². The summed E-state index contributed by atoms with van der Waals surface area (Å²) in [7, 11) is 0. The van der Waals surface area contributed by atoms with Crippen LogP contribution in [0.1, 0.15) is 62.5 Å². The molecule has 2 atom stereocenters. The van der Waals surface area contributed by atoms with Gasteiger partial charge in [0, 0.05) is 4.88 Å². The Kier molecular flexibility index (Phi) is 3.25. The van der Waals surface area contributed by atoms with Crippen molar-refractivity contribution in [3.63, 3.8) is 0 Å². The molecule has 0 amide bonds. The van der Waals surface area contributed by atoms with E-state index in [-0.39, 0.29) is 5.54 Å². The summed E-state index contributed by atoms with van der Waals surface area (Å²) >= 11 is 1.99. The van der Waals surface area contributed by atoms with E-state index in [1.807, 2.05) is 11.3 Å². The molecule has 2 unspecified atom stereocenters. The van der Waals surface area contributed by atoms with Gasteiger partial charge in [0.2, 0.25) is 0 Å². The molecule has 0 radical (unpaired) electrons. The van der Waals surface area contributed by atoms with Crippen molar-refractivity contribution in [3.8, 4) is 0 Å². The smallest absolute Gasteiger partial charge is 0.114 e. The van der Waals surface area contributed by atoms with Gasteiger partial charge in [0.05, 0.1) is 11.2 Å². The number of nitrogens with one attached hydrogen (secondary N) is 1. The predicted octanol–water partition coefficient (Wildman–Crippen LogP) is 3.89. The normalized spacial score (nSPS) is 32.7. The van der Waals surface area contributed by atoms with Gasteiger partial charge >= 0.3 is 0 Å². The first-order chi connectivity index (χ1) is 8.97. The van der Waals surface area contributed by atoms with Crippen LogP contribution in [0.15, 0.2) is 0 Å². The Morgan fingerprint density at radius 2 is 2.16 bits per heavy atom. The topological polar surface area (TPSA) is 24.9 Å². The van der Waals surface area contributed by atoms with E-state index in [4.69, 9.17) is 4.98 Å². The van der Waals surface area contributed by atoms with Gasteiger partial charge in [-0.2, -0.15) is 0 Å². The van der Waals surface area contributed by atoms with Gasteiger partial charge in [-0.3, -0.25) is 0 Å². The molecular weight excluding hydrogens is 252 g/mol. The van der Waals surface area contributed by atoms with E-state index in [1.165, 1.54) is 42.8 Å². The maximum absolute atomic E-state index is 5.04. The van der Waals surface area contributed by atoms with Crippen LogP contribution in [0.4, 0.5) is 0 Å². The molecule has 1 saturated carbocycles. The highest BCUT2D eigenvalue weighted by atomic mass is 32.1. The summed E-state index contributed by atoms with van der Waals surface area (Å²) in [5, 5.41) is 5.19. The van der Waals surface area contributed by atoms with Gasteiger partial charge in [-0.05, 0) is 50.0 Å². The average molecular weight is 278 g/mol. The van der Waals surface area contributed by atoms with E-state index in [0.29, 0.717) is 11.3 Å². The summed E-state index contributed by atoms with van der Waals surface area (Å²) in [6.07, 6.45) is 6.29. The molecule has 2 aliphatic carbocycles. The first kappa shape index (κ1) is 13.6. The zero-order valence-electron chi connectivity index (χ0n) is 12.7. The van der Waals surface area contributed by atoms with Crippen LogP contribution in [0.2, 0.25) is 0 Å². The lowest BCUT2D eigenvalue weighted by Crippen LogP contribution is -2.45. The number of nitrogens with zero attached hydrogens (tertiary/aromatic N) is 1. The quantitative estimate of drug-likeness (QED) is 0.907. The molecular formula is C16H26N2S. The molecule has 1 heterocycles. The van der Waals surface area contributed by atoms with Gasteiger partial charge in [-0.15, -0.1) is 11.3 Å². The van der Waals surface area contributed by atoms with Crippen molar-refractivity contribution in [3.05, 3.63) is 15.6 Å². The first-order valence-electron chi connectivity index (χ1n) is 7.71. The lowest BCUT2D eigenvalue weighted by atomic mass is 9.86. The van der Waals surface area contributed by atoms with Crippen molar-refractivity contribution in [1.29, 1.82) is 0 Å². The highest BCUT2D eigenvalue weighted by Gasteiger charge is 2.51. The Morgan fingerprint density at radius 1 is 1.37 bits per heavy atom. The molecule has 1 aromatic rings. The Bertz CT molecular complexity index is 456. The molecule has 0 spiro atoms. The Hall–Kier alpha value is -0.410. The zero-order chi connectivity index (χ0) is 13.7. The second-order valence-corrected chi connectivity index (χ2v) is 8.27. The van der Waals surface area contributed by atoms with E-state index in [2.05, 4.69) is 33.0 Å². The minimum atomic E-state index is 0.132. The van der Waals surface area contributed by atoms with E-state index in [9.17, 15) is 0 Å². The summed E-state index contributed by atoms with van der Waals surface area (Å²) in [6, 6.07) is 0. The minimum Gasteiger partial charge on any atom is -0.305 e. The van der Waals surface area contributed by atoms with Gasteiger partial charge in [-0.1, -0.05) is 27.7 Å². The van der Waals surface area contributed by atoms with Gasteiger partial charge < -0.3 is 5.32 Å². The van der Waals surface area contributed by atoms with Crippen molar-refractivity contribution in [2.45, 2.75) is 65.3 Å². The van der Waals surface area contributed by atoms with Crippen molar-refractivity contribution in [2.24, 2.45) is 11.3 Å². The predicted molar refractivity (Wildman–Crippen MR) is 81.7 cm³/mol.